The molecule has 11 heteroatoms. The van der Waals surface area contributed by atoms with E-state index in [2.05, 4.69) is 31.8 Å². The minimum absolute atomic E-state index is 0.129. The third-order valence-electron chi connectivity index (χ3n) is 4.63. The Labute approximate surface area is 175 Å². The number of hydrogen-bond donors (Lipinski definition) is 1. The van der Waals surface area contributed by atoms with Crippen molar-refractivity contribution in [3.8, 4) is 0 Å². The van der Waals surface area contributed by atoms with E-state index >= 15 is 0 Å². The molecular weight excluding hydrogens is 425 g/mol. The van der Waals surface area contributed by atoms with Gasteiger partial charge in [-0.05, 0) is 37.8 Å². The molecule has 1 amide bonds. The lowest BCUT2D eigenvalue weighted by Gasteiger charge is -2.32. The van der Waals surface area contributed by atoms with Gasteiger partial charge in [-0.2, -0.15) is 0 Å². The van der Waals surface area contributed by atoms with E-state index < -0.39 is 12.5 Å². The summed E-state index contributed by atoms with van der Waals surface area (Å²) in [6.45, 7) is 4.20. The summed E-state index contributed by atoms with van der Waals surface area (Å²) < 4.78 is 46.0. The van der Waals surface area contributed by atoms with Gasteiger partial charge in [0, 0.05) is 36.3 Å². The van der Waals surface area contributed by atoms with Crippen molar-refractivity contribution in [1.82, 2.24) is 20.5 Å². The molecule has 30 heavy (non-hydrogen) atoms. The van der Waals surface area contributed by atoms with Crippen LogP contribution in [-0.4, -0.2) is 40.1 Å². The van der Waals surface area contributed by atoms with Crippen LogP contribution in [0.3, 0.4) is 0 Å². The van der Waals surface area contributed by atoms with Gasteiger partial charge in [0.2, 0.25) is 17.7 Å². The average Bonchev–Trinajstić information content (AvgIpc) is 3.13. The van der Waals surface area contributed by atoms with Gasteiger partial charge < -0.3 is 9.73 Å². The molecule has 0 unspecified atom stereocenters. The van der Waals surface area contributed by atoms with Crippen molar-refractivity contribution in [2.24, 2.45) is 0 Å². The fraction of sp³-hybridized carbons (Fsp3) is 0.474. The Morgan fingerprint density at radius 2 is 2.07 bits per heavy atom. The van der Waals surface area contributed by atoms with Crippen molar-refractivity contribution < 1.29 is 27.1 Å². The third kappa shape index (κ3) is 6.53. The summed E-state index contributed by atoms with van der Waals surface area (Å²) in [4.78, 5) is 16.1. The molecule has 7 nitrogen and oxygen atoms in total. The fourth-order valence-electron chi connectivity index (χ4n) is 2.94. The fourth-order valence-corrected chi connectivity index (χ4v) is 3.05. The number of halogens is 4. The Hall–Kier alpha value is -2.46. The molecule has 1 saturated carbocycles. The van der Waals surface area contributed by atoms with Crippen LogP contribution in [0.15, 0.2) is 29.3 Å². The third-order valence-corrected chi connectivity index (χ3v) is 4.86. The molecule has 2 heterocycles. The van der Waals surface area contributed by atoms with Crippen molar-refractivity contribution in [3.05, 3.63) is 47.4 Å². The molecule has 2 aromatic heterocycles. The molecule has 0 bridgehead atoms. The number of nitrogens with one attached hydrogen (secondary N) is 1. The second kappa shape index (κ2) is 9.57. The number of aryl methyl sites for hydroxylation is 1. The van der Waals surface area contributed by atoms with Gasteiger partial charge in [-0.25, -0.2) is 0 Å². The van der Waals surface area contributed by atoms with Crippen LogP contribution in [0.1, 0.15) is 49.1 Å². The highest BCUT2D eigenvalue weighted by molar-refractivity contribution is 6.30. The van der Waals surface area contributed by atoms with Crippen LogP contribution in [0.2, 0.25) is 5.02 Å². The van der Waals surface area contributed by atoms with Crippen molar-refractivity contribution in [2.75, 3.05) is 6.54 Å². The van der Waals surface area contributed by atoms with Crippen molar-refractivity contribution >= 4 is 23.1 Å². The van der Waals surface area contributed by atoms with E-state index in [1.54, 1.807) is 12.1 Å². The molecule has 1 fully saturated rings. The highest BCUT2D eigenvalue weighted by Crippen LogP contribution is 2.41. The Kier molecular flexibility index (Phi) is 7.09. The Morgan fingerprint density at radius 1 is 1.30 bits per heavy atom. The van der Waals surface area contributed by atoms with E-state index in [-0.39, 0.29) is 42.9 Å². The molecule has 162 valence electrons. The lowest BCUT2D eigenvalue weighted by Crippen LogP contribution is -2.34. The van der Waals surface area contributed by atoms with Crippen molar-refractivity contribution in [1.29, 1.82) is 0 Å². The zero-order chi connectivity index (χ0) is 21.7. The number of carbonyl (C=O) groups is 1. The number of carbonyl (C=O) groups excluding carboxylic acids is 1. The topological polar surface area (TPSA) is 90.1 Å². The molecular formula is C19H20ClF3N4O3. The molecule has 1 aliphatic carbocycles. The first-order chi connectivity index (χ1) is 14.2. The number of amides is 1. The maximum atomic E-state index is 12.2. The normalized spacial score (nSPS) is 18.7. The molecule has 0 saturated heterocycles. The van der Waals surface area contributed by atoms with E-state index in [4.69, 9.17) is 16.0 Å². The van der Waals surface area contributed by atoms with E-state index in [0.717, 1.165) is 5.69 Å². The Balaban J connectivity index is 1.35. The lowest BCUT2D eigenvalue weighted by atomic mass is 9.82. The van der Waals surface area contributed by atoms with Crippen molar-refractivity contribution in [2.45, 2.75) is 50.5 Å². The molecule has 3 rings (SSSR count). The summed E-state index contributed by atoms with van der Waals surface area (Å²) in [5, 5.41) is 11.1. The second-order valence-corrected chi connectivity index (χ2v) is 7.41. The molecule has 0 atom stereocenters. The van der Waals surface area contributed by atoms with Crippen LogP contribution >= 0.6 is 11.6 Å². The predicted octanol–water partition coefficient (Wildman–Crippen LogP) is 4.05. The standard InChI is InChI=1S/C19H20ClF3N4O3/c1-11(6-7-24-16(28)5-4-14-3-2-13(20)10-25-14)17-26-27-18(29-17)12-8-15(9-12)30-19(21,22)23/h2-3,10,12,15H,1,4-9H2,(H,24,28). The monoisotopic (exact) mass is 444 g/mol. The number of pyridine rings is 1. The van der Waals surface area contributed by atoms with Gasteiger partial charge >= 0.3 is 6.36 Å². The van der Waals surface area contributed by atoms with Crippen LogP contribution in [0, 0.1) is 0 Å². The maximum Gasteiger partial charge on any atom is 0.522 e. The highest BCUT2D eigenvalue weighted by Gasteiger charge is 2.42. The first-order valence-electron chi connectivity index (χ1n) is 9.33. The van der Waals surface area contributed by atoms with Gasteiger partial charge in [0.1, 0.15) is 0 Å². The molecule has 0 aromatic carbocycles. The SMILES string of the molecule is C=C(CCNC(=O)CCc1ccc(Cl)cn1)c1nnc(C2CC(OC(F)(F)F)C2)o1. The van der Waals surface area contributed by atoms with Crippen LogP contribution in [0.4, 0.5) is 13.2 Å². The Bertz CT molecular complexity index is 880. The summed E-state index contributed by atoms with van der Waals surface area (Å²) in [6.07, 6.45) is -2.46. The molecule has 0 spiro atoms. The Morgan fingerprint density at radius 3 is 2.73 bits per heavy atom. The highest BCUT2D eigenvalue weighted by atomic mass is 35.5. The average molecular weight is 445 g/mol. The number of ether oxygens (including phenoxy) is 1. The van der Waals surface area contributed by atoms with Gasteiger partial charge in [0.15, 0.2) is 0 Å². The van der Waals surface area contributed by atoms with Gasteiger partial charge in [0.25, 0.3) is 0 Å². The van der Waals surface area contributed by atoms with Crippen LogP contribution < -0.4 is 5.32 Å². The number of nitrogens with zero attached hydrogens (tertiary/aromatic N) is 3. The lowest BCUT2D eigenvalue weighted by molar-refractivity contribution is -0.352. The van der Waals surface area contributed by atoms with Gasteiger partial charge in [-0.3, -0.25) is 14.5 Å². The molecule has 0 aliphatic heterocycles. The minimum atomic E-state index is -4.64. The number of hydrogen-bond acceptors (Lipinski definition) is 6. The summed E-state index contributed by atoms with van der Waals surface area (Å²) in [6, 6.07) is 3.49. The second-order valence-electron chi connectivity index (χ2n) is 6.97. The largest absolute Gasteiger partial charge is 0.522 e. The van der Waals surface area contributed by atoms with E-state index in [0.29, 0.717) is 30.0 Å². The van der Waals surface area contributed by atoms with Gasteiger partial charge in [-0.15, -0.1) is 23.4 Å². The molecule has 1 aliphatic rings. The first kappa shape index (κ1) is 22.2. The quantitative estimate of drug-likeness (QED) is 0.627. The van der Waals surface area contributed by atoms with Crippen LogP contribution in [-0.2, 0) is 16.0 Å². The zero-order valence-corrected chi connectivity index (χ0v) is 16.7. The minimum Gasteiger partial charge on any atom is -0.421 e. The first-order valence-corrected chi connectivity index (χ1v) is 9.70. The maximum absolute atomic E-state index is 12.2. The summed E-state index contributed by atoms with van der Waals surface area (Å²) in [5.41, 5.74) is 1.31. The summed E-state index contributed by atoms with van der Waals surface area (Å²) >= 11 is 5.77. The van der Waals surface area contributed by atoms with Gasteiger partial charge in [0.05, 0.1) is 11.1 Å². The predicted molar refractivity (Wildman–Crippen MR) is 101 cm³/mol. The zero-order valence-electron chi connectivity index (χ0n) is 15.9. The smallest absolute Gasteiger partial charge is 0.421 e. The van der Waals surface area contributed by atoms with E-state index in [1.165, 1.54) is 6.20 Å². The number of rotatable bonds is 9. The number of alkyl halides is 3. The molecule has 1 N–H and O–H groups in total. The molecule has 2 aromatic rings. The van der Waals surface area contributed by atoms with E-state index in [9.17, 15) is 18.0 Å². The van der Waals surface area contributed by atoms with Crippen molar-refractivity contribution in [3.63, 3.8) is 0 Å². The van der Waals surface area contributed by atoms with Gasteiger partial charge in [-0.1, -0.05) is 18.2 Å². The molecule has 0 radical (unpaired) electrons. The van der Waals surface area contributed by atoms with E-state index in [1.807, 2.05) is 0 Å². The summed E-state index contributed by atoms with van der Waals surface area (Å²) in [7, 11) is 0. The number of aromatic nitrogens is 3. The summed E-state index contributed by atoms with van der Waals surface area (Å²) in [5.74, 6) is 0.0981. The van der Waals surface area contributed by atoms with Crippen LogP contribution in [0.5, 0.6) is 0 Å². The van der Waals surface area contributed by atoms with Crippen LogP contribution in [0.25, 0.3) is 5.57 Å².